The molecule has 1 N–H and O–H groups in total. The van der Waals surface area contributed by atoms with Gasteiger partial charge in [0, 0.05) is 36.0 Å². The molecule has 0 unspecified atom stereocenters. The molecule has 0 saturated heterocycles. The summed E-state index contributed by atoms with van der Waals surface area (Å²) in [4.78, 5) is 12.3. The van der Waals surface area contributed by atoms with E-state index in [4.69, 9.17) is 9.47 Å². The Morgan fingerprint density at radius 2 is 1.95 bits per heavy atom. The number of hydrogen-bond donors (Lipinski definition) is 1. The van der Waals surface area contributed by atoms with Gasteiger partial charge < -0.3 is 14.5 Å². The number of ether oxygens (including phenoxy) is 2. The Hall–Kier alpha value is -2.56. The van der Waals surface area contributed by atoms with Gasteiger partial charge in [-0.25, -0.2) is 4.98 Å². The first kappa shape index (κ1) is 12.2. The van der Waals surface area contributed by atoms with Gasteiger partial charge in [0.1, 0.15) is 5.82 Å². The van der Waals surface area contributed by atoms with Crippen molar-refractivity contribution in [1.29, 1.82) is 0 Å². The van der Waals surface area contributed by atoms with Crippen LogP contribution in [0.4, 0.5) is 0 Å². The summed E-state index contributed by atoms with van der Waals surface area (Å²) in [7, 11) is 0. The van der Waals surface area contributed by atoms with Crippen molar-refractivity contribution in [2.24, 2.45) is 0 Å². The molecule has 106 valence electrons. The standard InChI is InChI=1S/C16H15N3O2/c1-10-11(4-2-5-17-10)16-18-12-8-14-15(9-13(12)19-16)21-7-3-6-20-14/h2,4-5,8-9H,3,6-7H2,1H3,(H,18,19). The monoisotopic (exact) mass is 281 g/mol. The van der Waals surface area contributed by atoms with Crippen molar-refractivity contribution in [1.82, 2.24) is 15.0 Å². The predicted molar refractivity (Wildman–Crippen MR) is 79.7 cm³/mol. The predicted octanol–water partition coefficient (Wildman–Crippen LogP) is 3.09. The SMILES string of the molecule is Cc1ncccc1-c1nc2cc3c(cc2[nH]1)OCCCO3. The molecule has 0 fully saturated rings. The minimum atomic E-state index is 0.678. The minimum Gasteiger partial charge on any atom is -0.489 e. The Balaban J connectivity index is 1.85. The van der Waals surface area contributed by atoms with Crippen LogP contribution in [-0.2, 0) is 0 Å². The number of hydrogen-bond acceptors (Lipinski definition) is 4. The quantitative estimate of drug-likeness (QED) is 0.744. The van der Waals surface area contributed by atoms with Crippen LogP contribution in [0.1, 0.15) is 12.1 Å². The fourth-order valence-electron chi connectivity index (χ4n) is 2.53. The molecule has 1 aliphatic rings. The first-order valence-electron chi connectivity index (χ1n) is 7.02. The number of nitrogens with zero attached hydrogens (tertiary/aromatic N) is 2. The maximum atomic E-state index is 5.71. The zero-order valence-corrected chi connectivity index (χ0v) is 11.7. The largest absolute Gasteiger partial charge is 0.489 e. The van der Waals surface area contributed by atoms with Gasteiger partial charge in [0.2, 0.25) is 0 Å². The summed E-state index contributed by atoms with van der Waals surface area (Å²) in [5, 5.41) is 0. The Kier molecular flexibility index (Phi) is 2.77. The second-order valence-electron chi connectivity index (χ2n) is 5.09. The van der Waals surface area contributed by atoms with Gasteiger partial charge in [-0.3, -0.25) is 4.98 Å². The van der Waals surface area contributed by atoms with E-state index < -0.39 is 0 Å². The fourth-order valence-corrected chi connectivity index (χ4v) is 2.53. The van der Waals surface area contributed by atoms with Gasteiger partial charge in [0.25, 0.3) is 0 Å². The van der Waals surface area contributed by atoms with Crippen LogP contribution in [0.15, 0.2) is 30.5 Å². The Labute approximate surface area is 121 Å². The first-order chi connectivity index (χ1) is 10.3. The van der Waals surface area contributed by atoms with Gasteiger partial charge in [-0.05, 0) is 19.1 Å². The van der Waals surface area contributed by atoms with Crippen LogP contribution in [0.25, 0.3) is 22.4 Å². The Morgan fingerprint density at radius 3 is 2.76 bits per heavy atom. The van der Waals surface area contributed by atoms with E-state index in [2.05, 4.69) is 15.0 Å². The van der Waals surface area contributed by atoms with Crippen LogP contribution in [0, 0.1) is 6.92 Å². The average Bonchev–Trinajstić information content (AvgIpc) is 2.75. The normalized spacial score (nSPS) is 14.1. The Morgan fingerprint density at radius 1 is 1.14 bits per heavy atom. The van der Waals surface area contributed by atoms with Crippen molar-refractivity contribution in [3.63, 3.8) is 0 Å². The highest BCUT2D eigenvalue weighted by atomic mass is 16.5. The Bertz CT molecular complexity index is 767. The van der Waals surface area contributed by atoms with Crippen LogP contribution < -0.4 is 9.47 Å². The van der Waals surface area contributed by atoms with E-state index in [0.29, 0.717) is 13.2 Å². The molecule has 21 heavy (non-hydrogen) atoms. The molecule has 1 aromatic carbocycles. The molecule has 4 rings (SSSR count). The lowest BCUT2D eigenvalue weighted by Gasteiger charge is -2.05. The number of H-pyrrole nitrogens is 1. The van der Waals surface area contributed by atoms with Crippen molar-refractivity contribution in [3.05, 3.63) is 36.2 Å². The highest BCUT2D eigenvalue weighted by molar-refractivity contribution is 5.83. The number of aromatic nitrogens is 3. The van der Waals surface area contributed by atoms with Crippen molar-refractivity contribution in [2.45, 2.75) is 13.3 Å². The number of imidazole rings is 1. The van der Waals surface area contributed by atoms with Gasteiger partial charge >= 0.3 is 0 Å². The van der Waals surface area contributed by atoms with Crippen LogP contribution in [0.3, 0.4) is 0 Å². The molecule has 0 atom stereocenters. The van der Waals surface area contributed by atoms with E-state index in [1.54, 1.807) is 6.20 Å². The van der Waals surface area contributed by atoms with E-state index in [9.17, 15) is 0 Å². The van der Waals surface area contributed by atoms with E-state index in [-0.39, 0.29) is 0 Å². The van der Waals surface area contributed by atoms with E-state index >= 15 is 0 Å². The summed E-state index contributed by atoms with van der Waals surface area (Å²) in [6.07, 6.45) is 2.68. The van der Waals surface area contributed by atoms with Gasteiger partial charge in [0.05, 0.1) is 24.2 Å². The van der Waals surface area contributed by atoms with Crippen molar-refractivity contribution >= 4 is 11.0 Å². The van der Waals surface area contributed by atoms with Gasteiger partial charge in [-0.15, -0.1) is 0 Å². The molecule has 5 nitrogen and oxygen atoms in total. The molecule has 2 aromatic heterocycles. The molecule has 5 heteroatoms. The number of pyridine rings is 1. The topological polar surface area (TPSA) is 60.0 Å². The highest BCUT2D eigenvalue weighted by Gasteiger charge is 2.15. The van der Waals surface area contributed by atoms with E-state index in [1.807, 2.05) is 31.2 Å². The highest BCUT2D eigenvalue weighted by Crippen LogP contribution is 2.34. The maximum absolute atomic E-state index is 5.71. The van der Waals surface area contributed by atoms with Gasteiger partial charge in [0.15, 0.2) is 11.5 Å². The third-order valence-electron chi connectivity index (χ3n) is 3.61. The molecule has 0 spiro atoms. The molecule has 0 aliphatic carbocycles. The molecule has 0 bridgehead atoms. The lowest BCUT2D eigenvalue weighted by Crippen LogP contribution is -1.97. The molecule has 1 aliphatic heterocycles. The lowest BCUT2D eigenvalue weighted by molar-refractivity contribution is 0.297. The van der Waals surface area contributed by atoms with E-state index in [1.165, 1.54) is 0 Å². The number of fused-ring (bicyclic) bond motifs is 2. The molecule has 0 radical (unpaired) electrons. The second-order valence-corrected chi connectivity index (χ2v) is 5.09. The number of aryl methyl sites for hydroxylation is 1. The minimum absolute atomic E-state index is 0.678. The zero-order valence-electron chi connectivity index (χ0n) is 11.7. The summed E-state index contributed by atoms with van der Waals surface area (Å²) in [6, 6.07) is 7.81. The molecule has 0 saturated carbocycles. The van der Waals surface area contributed by atoms with Gasteiger partial charge in [-0.2, -0.15) is 0 Å². The second kappa shape index (κ2) is 4.77. The molecule has 0 amide bonds. The van der Waals surface area contributed by atoms with Crippen LogP contribution in [-0.4, -0.2) is 28.2 Å². The number of nitrogens with one attached hydrogen (secondary N) is 1. The maximum Gasteiger partial charge on any atom is 0.163 e. The summed E-state index contributed by atoms with van der Waals surface area (Å²) in [5.74, 6) is 2.36. The zero-order chi connectivity index (χ0) is 14.2. The third-order valence-corrected chi connectivity index (χ3v) is 3.61. The molecule has 3 heterocycles. The average molecular weight is 281 g/mol. The van der Waals surface area contributed by atoms with Crippen LogP contribution >= 0.6 is 0 Å². The van der Waals surface area contributed by atoms with Crippen LogP contribution in [0.5, 0.6) is 11.5 Å². The summed E-state index contributed by atoms with van der Waals surface area (Å²) in [6.45, 7) is 3.34. The summed E-state index contributed by atoms with van der Waals surface area (Å²) >= 11 is 0. The van der Waals surface area contributed by atoms with Crippen LogP contribution in [0.2, 0.25) is 0 Å². The first-order valence-corrected chi connectivity index (χ1v) is 7.02. The molecular formula is C16H15N3O2. The number of aromatic amines is 1. The summed E-state index contributed by atoms with van der Waals surface area (Å²) < 4.78 is 11.4. The number of benzene rings is 1. The van der Waals surface area contributed by atoms with Crippen molar-refractivity contribution in [3.8, 4) is 22.9 Å². The molecular weight excluding hydrogens is 266 g/mol. The summed E-state index contributed by atoms with van der Waals surface area (Å²) in [5.41, 5.74) is 3.77. The van der Waals surface area contributed by atoms with Crippen molar-refractivity contribution in [2.75, 3.05) is 13.2 Å². The smallest absolute Gasteiger partial charge is 0.163 e. The van der Waals surface area contributed by atoms with E-state index in [0.717, 1.165) is 46.0 Å². The fraction of sp³-hybridized carbons (Fsp3) is 0.250. The van der Waals surface area contributed by atoms with Crippen molar-refractivity contribution < 1.29 is 9.47 Å². The van der Waals surface area contributed by atoms with Gasteiger partial charge in [-0.1, -0.05) is 0 Å². The third kappa shape index (κ3) is 2.11. The molecule has 3 aromatic rings. The number of rotatable bonds is 1. The lowest BCUT2D eigenvalue weighted by atomic mass is 10.2.